The molecule has 0 bridgehead atoms. The van der Waals surface area contributed by atoms with E-state index in [-0.39, 0.29) is 5.82 Å². The van der Waals surface area contributed by atoms with Crippen molar-refractivity contribution in [1.82, 2.24) is 9.88 Å². The molecule has 3 aromatic rings. The average molecular weight is 418 g/mol. The van der Waals surface area contributed by atoms with E-state index in [1.807, 2.05) is 6.07 Å². The largest absolute Gasteiger partial charge is 0.371 e. The highest BCUT2D eigenvalue weighted by Crippen LogP contribution is 2.33. The zero-order chi connectivity index (χ0) is 21.0. The molecule has 0 fully saturated rings. The predicted octanol–water partition coefficient (Wildman–Crippen LogP) is 6.23. The van der Waals surface area contributed by atoms with E-state index < -0.39 is 0 Å². The first-order valence-corrected chi connectivity index (χ1v) is 11.8. The molecule has 1 atom stereocenters. The van der Waals surface area contributed by atoms with Crippen molar-refractivity contribution in [1.29, 1.82) is 0 Å². The van der Waals surface area contributed by atoms with E-state index in [0.717, 1.165) is 37.0 Å². The van der Waals surface area contributed by atoms with Crippen LogP contribution in [0.15, 0.2) is 60.8 Å². The minimum atomic E-state index is -0.162. The maximum atomic E-state index is 13.8. The Bertz CT molecular complexity index is 1050. The number of unbranched alkanes of at least 4 members (excludes halogenated alkanes) is 2. The quantitative estimate of drug-likeness (QED) is 0.363. The van der Waals surface area contributed by atoms with E-state index in [1.165, 1.54) is 61.5 Å². The summed E-state index contributed by atoms with van der Waals surface area (Å²) in [7, 11) is 0. The molecule has 0 saturated carbocycles. The van der Waals surface area contributed by atoms with Gasteiger partial charge < -0.3 is 9.88 Å². The van der Waals surface area contributed by atoms with Crippen molar-refractivity contribution >= 4 is 16.6 Å². The average Bonchev–Trinajstić information content (AvgIpc) is 3.22. The van der Waals surface area contributed by atoms with Crippen LogP contribution >= 0.6 is 0 Å². The fourth-order valence-electron chi connectivity index (χ4n) is 5.31. The summed E-state index contributed by atoms with van der Waals surface area (Å²) in [5.74, 6) is -0.162. The van der Waals surface area contributed by atoms with Gasteiger partial charge >= 0.3 is 0 Å². The number of halogens is 1. The van der Waals surface area contributed by atoms with E-state index in [2.05, 4.69) is 57.4 Å². The zero-order valence-corrected chi connectivity index (χ0v) is 18.2. The molecular weight excluding hydrogens is 385 g/mol. The Morgan fingerprint density at radius 1 is 1.00 bits per heavy atom. The van der Waals surface area contributed by atoms with E-state index in [9.17, 15) is 4.39 Å². The third-order valence-electron chi connectivity index (χ3n) is 6.92. The molecule has 1 unspecified atom stereocenters. The Labute approximate surface area is 184 Å². The molecule has 162 valence electrons. The second kappa shape index (κ2) is 9.27. The molecule has 0 aliphatic carbocycles. The van der Waals surface area contributed by atoms with Crippen LogP contribution in [0.2, 0.25) is 0 Å². The lowest BCUT2D eigenvalue weighted by Gasteiger charge is -2.33. The molecule has 1 N–H and O–H groups in total. The third kappa shape index (κ3) is 4.40. The maximum Gasteiger partial charge on any atom is 0.123 e. The van der Waals surface area contributed by atoms with Crippen molar-refractivity contribution in [2.75, 3.05) is 31.1 Å². The van der Waals surface area contributed by atoms with Gasteiger partial charge in [-0.1, -0.05) is 36.8 Å². The van der Waals surface area contributed by atoms with Gasteiger partial charge in [-0.3, -0.25) is 4.90 Å². The molecule has 3 nitrogen and oxygen atoms in total. The summed E-state index contributed by atoms with van der Waals surface area (Å²) < 4.78 is 13.8. The highest BCUT2D eigenvalue weighted by atomic mass is 19.1. The Balaban J connectivity index is 1.16. The van der Waals surface area contributed by atoms with Crippen LogP contribution in [0.25, 0.3) is 10.9 Å². The minimum Gasteiger partial charge on any atom is -0.371 e. The van der Waals surface area contributed by atoms with Gasteiger partial charge in [0.1, 0.15) is 5.82 Å². The molecule has 4 heteroatoms. The Hall–Kier alpha value is -2.59. The monoisotopic (exact) mass is 417 g/mol. The summed E-state index contributed by atoms with van der Waals surface area (Å²) in [6.45, 7) is 4.41. The van der Waals surface area contributed by atoms with Crippen molar-refractivity contribution in [3.05, 3.63) is 77.8 Å². The van der Waals surface area contributed by atoms with E-state index >= 15 is 0 Å². The predicted molar refractivity (Wildman–Crippen MR) is 127 cm³/mol. The number of anilines is 1. The van der Waals surface area contributed by atoms with E-state index in [1.54, 1.807) is 6.07 Å². The van der Waals surface area contributed by atoms with Crippen LogP contribution < -0.4 is 4.90 Å². The van der Waals surface area contributed by atoms with Gasteiger partial charge in [-0.05, 0) is 74.0 Å². The third-order valence-corrected chi connectivity index (χ3v) is 6.92. The van der Waals surface area contributed by atoms with Gasteiger partial charge in [0.25, 0.3) is 0 Å². The van der Waals surface area contributed by atoms with Crippen LogP contribution in [0.1, 0.15) is 49.3 Å². The number of H-pyrrole nitrogens is 1. The standard InChI is InChI=1S/C27H32FN3/c28-22-13-14-25-23(19-22)24(20-29-25)27-12-4-7-17-31(27)16-6-1-5-15-30-18-8-10-21-9-2-3-11-26(21)30/h2-4,7,9,11,13-14,19-20,27,29H,1,5-6,8,10,12,15-18H2. The van der Waals surface area contributed by atoms with Crippen molar-refractivity contribution in [3.63, 3.8) is 0 Å². The van der Waals surface area contributed by atoms with Crippen molar-refractivity contribution < 1.29 is 4.39 Å². The van der Waals surface area contributed by atoms with Gasteiger partial charge in [-0.25, -0.2) is 4.39 Å². The highest BCUT2D eigenvalue weighted by Gasteiger charge is 2.24. The Morgan fingerprint density at radius 3 is 2.87 bits per heavy atom. The number of aromatic amines is 1. The van der Waals surface area contributed by atoms with Gasteiger partial charge in [-0.2, -0.15) is 0 Å². The smallest absolute Gasteiger partial charge is 0.123 e. The molecule has 1 aromatic heterocycles. The number of benzene rings is 2. The molecule has 5 rings (SSSR count). The lowest BCUT2D eigenvalue weighted by molar-refractivity contribution is 0.207. The van der Waals surface area contributed by atoms with Crippen LogP contribution in [0.3, 0.4) is 0 Å². The van der Waals surface area contributed by atoms with Gasteiger partial charge in [0.15, 0.2) is 0 Å². The molecule has 2 aliphatic rings. The summed E-state index contributed by atoms with van der Waals surface area (Å²) in [5, 5.41) is 1.02. The van der Waals surface area contributed by atoms with Gasteiger partial charge in [0, 0.05) is 48.5 Å². The van der Waals surface area contributed by atoms with Gasteiger partial charge in [0.2, 0.25) is 0 Å². The fourth-order valence-corrected chi connectivity index (χ4v) is 5.31. The lowest BCUT2D eigenvalue weighted by atomic mass is 9.98. The summed E-state index contributed by atoms with van der Waals surface area (Å²) in [5.41, 5.74) is 5.20. The van der Waals surface area contributed by atoms with Crippen molar-refractivity contribution in [2.45, 2.75) is 44.6 Å². The molecule has 0 spiro atoms. The lowest BCUT2D eigenvalue weighted by Crippen LogP contribution is -2.32. The number of rotatable bonds is 7. The topological polar surface area (TPSA) is 22.3 Å². The normalized spacial score (nSPS) is 19.1. The number of nitrogens with zero attached hydrogens (tertiary/aromatic N) is 2. The molecule has 31 heavy (non-hydrogen) atoms. The molecule has 0 radical (unpaired) electrons. The molecule has 0 saturated heterocycles. The first-order chi connectivity index (χ1) is 15.3. The SMILES string of the molecule is Fc1ccc2[nH]cc(C3CC=CCN3CCCCCN3CCCc4ccccc43)c2c1. The van der Waals surface area contributed by atoms with E-state index in [4.69, 9.17) is 0 Å². The maximum absolute atomic E-state index is 13.8. The molecule has 0 amide bonds. The van der Waals surface area contributed by atoms with Crippen LogP contribution in [0.5, 0.6) is 0 Å². The van der Waals surface area contributed by atoms with Crippen LogP contribution in [-0.4, -0.2) is 36.1 Å². The first-order valence-electron chi connectivity index (χ1n) is 11.8. The Kier molecular flexibility index (Phi) is 6.08. The number of hydrogen-bond donors (Lipinski definition) is 1. The summed E-state index contributed by atoms with van der Waals surface area (Å²) >= 11 is 0. The van der Waals surface area contributed by atoms with E-state index in [0.29, 0.717) is 6.04 Å². The second-order valence-corrected chi connectivity index (χ2v) is 8.93. The highest BCUT2D eigenvalue weighted by molar-refractivity contribution is 5.83. The summed E-state index contributed by atoms with van der Waals surface area (Å²) in [6.07, 6.45) is 13.8. The molecule has 2 aromatic carbocycles. The number of para-hydroxylation sites is 1. The molecular formula is C27H32FN3. The minimum absolute atomic E-state index is 0.162. The fraction of sp³-hybridized carbons (Fsp3) is 0.407. The van der Waals surface area contributed by atoms with Crippen molar-refractivity contribution in [2.24, 2.45) is 0 Å². The molecule has 2 aliphatic heterocycles. The van der Waals surface area contributed by atoms with Crippen molar-refractivity contribution in [3.8, 4) is 0 Å². The first kappa shape index (κ1) is 20.3. The summed E-state index contributed by atoms with van der Waals surface area (Å²) in [6, 6.07) is 14.3. The summed E-state index contributed by atoms with van der Waals surface area (Å²) in [4.78, 5) is 8.47. The number of fused-ring (bicyclic) bond motifs is 2. The van der Waals surface area contributed by atoms with Crippen LogP contribution in [0, 0.1) is 5.82 Å². The van der Waals surface area contributed by atoms with Crippen LogP contribution in [-0.2, 0) is 6.42 Å². The van der Waals surface area contributed by atoms with Crippen LogP contribution in [0.4, 0.5) is 10.1 Å². The molecule has 3 heterocycles. The Morgan fingerprint density at radius 2 is 1.90 bits per heavy atom. The number of aromatic nitrogens is 1. The van der Waals surface area contributed by atoms with Gasteiger partial charge in [-0.15, -0.1) is 0 Å². The number of hydrogen-bond acceptors (Lipinski definition) is 2. The number of aryl methyl sites for hydroxylation is 1. The number of nitrogens with one attached hydrogen (secondary N) is 1. The second-order valence-electron chi connectivity index (χ2n) is 8.93. The zero-order valence-electron chi connectivity index (χ0n) is 18.2. The van der Waals surface area contributed by atoms with Gasteiger partial charge in [0.05, 0.1) is 0 Å².